The summed E-state index contributed by atoms with van der Waals surface area (Å²) < 4.78 is 0. The fourth-order valence-electron chi connectivity index (χ4n) is 3.06. The Morgan fingerprint density at radius 1 is 0.952 bits per heavy atom. The Morgan fingerprint density at radius 3 is 2.24 bits per heavy atom. The highest BCUT2D eigenvalue weighted by atomic mass is 15.2. The van der Waals surface area contributed by atoms with Crippen LogP contribution < -0.4 is 4.90 Å². The highest BCUT2D eigenvalue weighted by Crippen LogP contribution is 2.33. The van der Waals surface area contributed by atoms with Gasteiger partial charge in [0.1, 0.15) is 0 Å². The Balaban J connectivity index is 2.49. The predicted octanol–water partition coefficient (Wildman–Crippen LogP) is 6.02. The molecular weight excluding hydrogens is 254 g/mol. The van der Waals surface area contributed by atoms with Gasteiger partial charge in [-0.05, 0) is 50.5 Å². The number of benzene rings is 2. The zero-order valence-corrected chi connectivity index (χ0v) is 13.8. The van der Waals surface area contributed by atoms with E-state index in [4.69, 9.17) is 0 Å². The van der Waals surface area contributed by atoms with Gasteiger partial charge < -0.3 is 4.90 Å². The number of anilines is 2. The van der Waals surface area contributed by atoms with E-state index in [1.165, 1.54) is 35.3 Å². The second-order valence-electron chi connectivity index (χ2n) is 5.85. The van der Waals surface area contributed by atoms with Gasteiger partial charge >= 0.3 is 0 Å². The molecule has 0 fully saturated rings. The van der Waals surface area contributed by atoms with Gasteiger partial charge in [0.15, 0.2) is 0 Å². The average molecular weight is 281 g/mol. The Bertz CT molecular complexity index is 559. The van der Waals surface area contributed by atoms with Gasteiger partial charge in [0.2, 0.25) is 0 Å². The van der Waals surface area contributed by atoms with Crippen molar-refractivity contribution in [1.82, 2.24) is 0 Å². The number of hydrogen-bond donors (Lipinski definition) is 0. The lowest BCUT2D eigenvalue weighted by Gasteiger charge is -2.34. The van der Waals surface area contributed by atoms with Crippen LogP contribution in [0, 0.1) is 13.8 Å². The van der Waals surface area contributed by atoms with E-state index in [2.05, 4.69) is 81.1 Å². The maximum absolute atomic E-state index is 2.53. The molecule has 0 bridgehead atoms. The highest BCUT2D eigenvalue weighted by Gasteiger charge is 2.19. The van der Waals surface area contributed by atoms with E-state index < -0.39 is 0 Å². The average Bonchev–Trinajstić information content (AvgIpc) is 2.49. The zero-order valence-electron chi connectivity index (χ0n) is 13.8. The van der Waals surface area contributed by atoms with Crippen LogP contribution in [0.5, 0.6) is 0 Å². The van der Waals surface area contributed by atoms with Gasteiger partial charge in [0.25, 0.3) is 0 Å². The van der Waals surface area contributed by atoms with Crippen molar-refractivity contribution in [2.24, 2.45) is 0 Å². The summed E-state index contributed by atoms with van der Waals surface area (Å²) >= 11 is 0. The van der Waals surface area contributed by atoms with Gasteiger partial charge in [-0.2, -0.15) is 0 Å². The standard InChI is InChI=1S/C20H27N/c1-5-10-18(6-2)21(19-11-8-7-9-12-19)20-14-13-16(3)15-17(20)4/h7-9,11-15,18H,5-6,10H2,1-4H3. The smallest absolute Gasteiger partial charge is 0.0443 e. The number of rotatable bonds is 6. The van der Waals surface area contributed by atoms with Crippen molar-refractivity contribution in [2.75, 3.05) is 4.90 Å². The summed E-state index contributed by atoms with van der Waals surface area (Å²) in [6.45, 7) is 8.94. The van der Waals surface area contributed by atoms with E-state index in [1.807, 2.05) is 0 Å². The van der Waals surface area contributed by atoms with Gasteiger partial charge in [-0.25, -0.2) is 0 Å². The summed E-state index contributed by atoms with van der Waals surface area (Å²) in [6.07, 6.45) is 3.60. The summed E-state index contributed by atoms with van der Waals surface area (Å²) in [4.78, 5) is 2.53. The number of nitrogens with zero attached hydrogens (tertiary/aromatic N) is 1. The van der Waals surface area contributed by atoms with Gasteiger partial charge in [0.05, 0.1) is 0 Å². The highest BCUT2D eigenvalue weighted by molar-refractivity contribution is 5.67. The molecule has 2 rings (SSSR count). The van der Waals surface area contributed by atoms with E-state index in [9.17, 15) is 0 Å². The number of para-hydroxylation sites is 1. The molecule has 1 nitrogen and oxygen atoms in total. The monoisotopic (exact) mass is 281 g/mol. The van der Waals surface area contributed by atoms with Crippen LogP contribution in [0.1, 0.15) is 44.2 Å². The minimum atomic E-state index is 0.554. The predicted molar refractivity (Wildman–Crippen MR) is 93.5 cm³/mol. The summed E-state index contributed by atoms with van der Waals surface area (Å²) in [5, 5.41) is 0. The van der Waals surface area contributed by atoms with Crippen LogP contribution in [-0.2, 0) is 0 Å². The first kappa shape index (κ1) is 15.6. The van der Waals surface area contributed by atoms with Crippen LogP contribution in [-0.4, -0.2) is 6.04 Å². The van der Waals surface area contributed by atoms with Crippen LogP contribution in [0.4, 0.5) is 11.4 Å². The number of aryl methyl sites for hydroxylation is 2. The Morgan fingerprint density at radius 2 is 1.67 bits per heavy atom. The third-order valence-electron chi connectivity index (χ3n) is 4.10. The maximum atomic E-state index is 2.53. The first-order valence-corrected chi connectivity index (χ1v) is 8.08. The van der Waals surface area contributed by atoms with E-state index in [0.29, 0.717) is 6.04 Å². The quantitative estimate of drug-likeness (QED) is 0.625. The third-order valence-corrected chi connectivity index (χ3v) is 4.10. The Kier molecular flexibility index (Phi) is 5.44. The van der Waals surface area contributed by atoms with Gasteiger partial charge in [-0.1, -0.05) is 56.2 Å². The van der Waals surface area contributed by atoms with Crippen molar-refractivity contribution in [2.45, 2.75) is 53.0 Å². The molecule has 1 unspecified atom stereocenters. The molecule has 0 N–H and O–H groups in total. The van der Waals surface area contributed by atoms with Crippen molar-refractivity contribution >= 4 is 11.4 Å². The van der Waals surface area contributed by atoms with E-state index >= 15 is 0 Å². The second-order valence-corrected chi connectivity index (χ2v) is 5.85. The molecule has 112 valence electrons. The fourth-order valence-corrected chi connectivity index (χ4v) is 3.06. The zero-order chi connectivity index (χ0) is 15.2. The summed E-state index contributed by atoms with van der Waals surface area (Å²) in [6, 6.07) is 18.1. The van der Waals surface area contributed by atoms with Crippen LogP contribution in [0.15, 0.2) is 48.5 Å². The van der Waals surface area contributed by atoms with Gasteiger partial charge in [-0.15, -0.1) is 0 Å². The summed E-state index contributed by atoms with van der Waals surface area (Å²) in [7, 11) is 0. The second kappa shape index (κ2) is 7.31. The van der Waals surface area contributed by atoms with E-state index in [0.717, 1.165) is 6.42 Å². The molecule has 0 radical (unpaired) electrons. The largest absolute Gasteiger partial charge is 0.338 e. The first-order valence-electron chi connectivity index (χ1n) is 8.08. The molecule has 2 aromatic carbocycles. The topological polar surface area (TPSA) is 3.24 Å². The molecule has 0 saturated heterocycles. The molecule has 21 heavy (non-hydrogen) atoms. The van der Waals surface area contributed by atoms with Crippen molar-refractivity contribution in [3.8, 4) is 0 Å². The minimum Gasteiger partial charge on any atom is -0.338 e. The molecule has 0 aliphatic heterocycles. The van der Waals surface area contributed by atoms with Crippen LogP contribution in [0.3, 0.4) is 0 Å². The Hall–Kier alpha value is -1.76. The molecule has 0 heterocycles. The molecule has 0 aliphatic rings. The lowest BCUT2D eigenvalue weighted by Crippen LogP contribution is -2.31. The SMILES string of the molecule is CCCC(CC)N(c1ccccc1)c1ccc(C)cc1C. The molecule has 2 aromatic rings. The molecule has 1 heteroatoms. The van der Waals surface area contributed by atoms with E-state index in [1.54, 1.807) is 0 Å². The van der Waals surface area contributed by atoms with Gasteiger partial charge in [-0.3, -0.25) is 0 Å². The molecule has 0 saturated carbocycles. The van der Waals surface area contributed by atoms with Crippen molar-refractivity contribution < 1.29 is 0 Å². The van der Waals surface area contributed by atoms with Crippen molar-refractivity contribution in [3.05, 3.63) is 59.7 Å². The third kappa shape index (κ3) is 3.66. The first-order chi connectivity index (χ1) is 10.2. The fraction of sp³-hybridized carbons (Fsp3) is 0.400. The van der Waals surface area contributed by atoms with Crippen LogP contribution in [0.25, 0.3) is 0 Å². The molecule has 0 aromatic heterocycles. The van der Waals surface area contributed by atoms with Crippen LogP contribution >= 0.6 is 0 Å². The molecule has 0 aliphatic carbocycles. The maximum Gasteiger partial charge on any atom is 0.0443 e. The lowest BCUT2D eigenvalue weighted by atomic mass is 10.0. The molecule has 1 atom stereocenters. The van der Waals surface area contributed by atoms with Crippen molar-refractivity contribution in [1.29, 1.82) is 0 Å². The minimum absolute atomic E-state index is 0.554. The van der Waals surface area contributed by atoms with E-state index in [-0.39, 0.29) is 0 Å². The van der Waals surface area contributed by atoms with Gasteiger partial charge in [0, 0.05) is 17.4 Å². The molecule has 0 spiro atoms. The Labute approximate surface area is 129 Å². The normalized spacial score (nSPS) is 12.2. The molecular formula is C20H27N. The number of hydrogen-bond acceptors (Lipinski definition) is 1. The summed E-state index contributed by atoms with van der Waals surface area (Å²) in [5.41, 5.74) is 5.32. The lowest BCUT2D eigenvalue weighted by molar-refractivity contribution is 0.572. The summed E-state index contributed by atoms with van der Waals surface area (Å²) in [5.74, 6) is 0. The van der Waals surface area contributed by atoms with Crippen molar-refractivity contribution in [3.63, 3.8) is 0 Å². The molecule has 0 amide bonds. The van der Waals surface area contributed by atoms with Crippen LogP contribution in [0.2, 0.25) is 0 Å².